The van der Waals surface area contributed by atoms with Gasteiger partial charge in [-0.3, -0.25) is 9.89 Å². The van der Waals surface area contributed by atoms with E-state index in [-0.39, 0.29) is 17.7 Å². The molecule has 2 N–H and O–H groups in total. The normalized spacial score (nSPS) is 30.7. The van der Waals surface area contributed by atoms with Gasteiger partial charge in [0.2, 0.25) is 5.91 Å². The van der Waals surface area contributed by atoms with Gasteiger partial charge in [0.1, 0.15) is 5.82 Å². The Balaban J connectivity index is 1.45. The summed E-state index contributed by atoms with van der Waals surface area (Å²) in [6.07, 6.45) is 7.75. The number of nitrogens with one attached hydrogen (secondary N) is 2. The van der Waals surface area contributed by atoms with Gasteiger partial charge in [-0.2, -0.15) is 5.10 Å². The van der Waals surface area contributed by atoms with Crippen LogP contribution in [0, 0.1) is 17.8 Å². The zero-order valence-electron chi connectivity index (χ0n) is 13.4. The molecular formula is C19H20N4O. The van der Waals surface area contributed by atoms with Crippen LogP contribution in [0.1, 0.15) is 31.0 Å². The van der Waals surface area contributed by atoms with E-state index in [0.29, 0.717) is 23.7 Å². The Morgan fingerprint density at radius 1 is 1.12 bits per heavy atom. The first kappa shape index (κ1) is 14.0. The van der Waals surface area contributed by atoms with Crippen molar-refractivity contribution in [3.05, 3.63) is 48.3 Å². The molecule has 0 aliphatic heterocycles. The van der Waals surface area contributed by atoms with Gasteiger partial charge in [0.05, 0.1) is 5.92 Å². The van der Waals surface area contributed by atoms with Gasteiger partial charge in [-0.05, 0) is 31.1 Å². The Labute approximate surface area is 140 Å². The summed E-state index contributed by atoms with van der Waals surface area (Å²) in [6, 6.07) is 10.4. The minimum Gasteiger partial charge on any atom is -0.353 e. The summed E-state index contributed by atoms with van der Waals surface area (Å²) in [5.41, 5.74) is 0.998. The van der Waals surface area contributed by atoms with Crippen molar-refractivity contribution in [1.82, 2.24) is 20.5 Å². The van der Waals surface area contributed by atoms with E-state index in [1.807, 2.05) is 30.3 Å². The first-order valence-corrected chi connectivity index (χ1v) is 8.76. The molecule has 5 nitrogen and oxygen atoms in total. The van der Waals surface area contributed by atoms with E-state index >= 15 is 0 Å². The van der Waals surface area contributed by atoms with Gasteiger partial charge in [0, 0.05) is 17.5 Å². The van der Waals surface area contributed by atoms with Crippen LogP contribution in [0.4, 0.5) is 0 Å². The quantitative estimate of drug-likeness (QED) is 0.851. The highest BCUT2D eigenvalue weighted by Crippen LogP contribution is 2.52. The van der Waals surface area contributed by atoms with Gasteiger partial charge in [-0.25, -0.2) is 4.98 Å². The molecule has 0 unspecified atom stereocenters. The maximum absolute atomic E-state index is 12.7. The molecule has 1 heterocycles. The van der Waals surface area contributed by atoms with Crippen molar-refractivity contribution in [3.8, 4) is 11.4 Å². The highest BCUT2D eigenvalue weighted by atomic mass is 16.2. The summed E-state index contributed by atoms with van der Waals surface area (Å²) in [5.74, 6) is 2.57. The zero-order chi connectivity index (χ0) is 16.1. The Kier molecular flexibility index (Phi) is 3.08. The number of benzene rings is 1. The molecule has 2 bridgehead atoms. The topological polar surface area (TPSA) is 70.7 Å². The molecule has 122 valence electrons. The molecule has 0 radical (unpaired) electrons. The highest BCUT2D eigenvalue weighted by molar-refractivity contribution is 5.81. The summed E-state index contributed by atoms with van der Waals surface area (Å²) in [7, 11) is 0. The molecule has 5 heteroatoms. The number of aromatic nitrogens is 3. The second-order valence-corrected chi connectivity index (χ2v) is 7.19. The van der Waals surface area contributed by atoms with Crippen molar-refractivity contribution in [2.24, 2.45) is 17.8 Å². The zero-order valence-corrected chi connectivity index (χ0v) is 13.4. The largest absolute Gasteiger partial charge is 0.353 e. The molecule has 3 aliphatic rings. The lowest BCUT2D eigenvalue weighted by Gasteiger charge is -2.25. The molecule has 0 spiro atoms. The predicted molar refractivity (Wildman–Crippen MR) is 90.0 cm³/mol. The molecule has 0 saturated heterocycles. The molecular weight excluding hydrogens is 300 g/mol. The average molecular weight is 320 g/mol. The number of amides is 1. The number of allylic oxidation sites excluding steroid dienone is 2. The maximum atomic E-state index is 12.7. The van der Waals surface area contributed by atoms with E-state index < -0.39 is 0 Å². The number of carbonyl (C=O) groups excluding carboxylic acids is 1. The Bertz CT molecular complexity index is 793. The fraction of sp³-hybridized carbons (Fsp3) is 0.421. The Hall–Kier alpha value is -2.43. The molecule has 1 amide bonds. The summed E-state index contributed by atoms with van der Waals surface area (Å²) >= 11 is 0. The van der Waals surface area contributed by atoms with E-state index in [4.69, 9.17) is 4.98 Å². The fourth-order valence-electron chi connectivity index (χ4n) is 4.22. The number of aromatic amines is 1. The van der Waals surface area contributed by atoms with Crippen LogP contribution in [-0.4, -0.2) is 27.1 Å². The fourth-order valence-corrected chi connectivity index (χ4v) is 4.22. The van der Waals surface area contributed by atoms with Crippen LogP contribution in [0.15, 0.2) is 42.5 Å². The molecule has 2 saturated carbocycles. The van der Waals surface area contributed by atoms with Gasteiger partial charge in [0.25, 0.3) is 0 Å². The van der Waals surface area contributed by atoms with Crippen molar-refractivity contribution < 1.29 is 4.79 Å². The summed E-state index contributed by atoms with van der Waals surface area (Å²) in [4.78, 5) is 17.5. The van der Waals surface area contributed by atoms with Crippen LogP contribution in [0.25, 0.3) is 11.4 Å². The second-order valence-electron chi connectivity index (χ2n) is 7.19. The molecule has 2 aromatic rings. The third-order valence-corrected chi connectivity index (χ3v) is 5.54. The third-order valence-electron chi connectivity index (χ3n) is 5.54. The van der Waals surface area contributed by atoms with E-state index in [1.165, 1.54) is 0 Å². The number of nitrogens with zero attached hydrogens (tertiary/aromatic N) is 2. The number of H-pyrrole nitrogens is 1. The Morgan fingerprint density at radius 2 is 1.92 bits per heavy atom. The molecule has 2 fully saturated rings. The van der Waals surface area contributed by atoms with E-state index in [9.17, 15) is 4.79 Å². The Morgan fingerprint density at radius 3 is 2.71 bits per heavy atom. The smallest absolute Gasteiger partial charge is 0.224 e. The number of rotatable bonds is 4. The van der Waals surface area contributed by atoms with Gasteiger partial charge < -0.3 is 5.32 Å². The van der Waals surface area contributed by atoms with Crippen molar-refractivity contribution in [3.63, 3.8) is 0 Å². The van der Waals surface area contributed by atoms with Crippen molar-refractivity contribution in [2.75, 3.05) is 0 Å². The lowest BCUT2D eigenvalue weighted by Crippen LogP contribution is -2.37. The molecule has 24 heavy (non-hydrogen) atoms. The lowest BCUT2D eigenvalue weighted by atomic mass is 9.82. The second kappa shape index (κ2) is 5.30. The summed E-state index contributed by atoms with van der Waals surface area (Å²) < 4.78 is 0. The molecule has 1 aromatic heterocycles. The van der Waals surface area contributed by atoms with E-state index in [0.717, 1.165) is 30.7 Å². The number of carbonyl (C=O) groups is 1. The van der Waals surface area contributed by atoms with Crippen LogP contribution in [0.5, 0.6) is 0 Å². The first-order chi connectivity index (χ1) is 11.8. The van der Waals surface area contributed by atoms with Crippen LogP contribution in [0.3, 0.4) is 0 Å². The first-order valence-electron chi connectivity index (χ1n) is 8.76. The van der Waals surface area contributed by atoms with E-state index in [2.05, 4.69) is 27.7 Å². The van der Waals surface area contributed by atoms with Crippen LogP contribution in [-0.2, 0) is 4.79 Å². The highest BCUT2D eigenvalue weighted by Gasteiger charge is 2.50. The van der Waals surface area contributed by atoms with Crippen LogP contribution >= 0.6 is 0 Å². The van der Waals surface area contributed by atoms with Gasteiger partial charge in [0.15, 0.2) is 5.82 Å². The lowest BCUT2D eigenvalue weighted by molar-refractivity contribution is -0.126. The average Bonchev–Trinajstić information content (AvgIpc) is 3.06. The van der Waals surface area contributed by atoms with Crippen LogP contribution < -0.4 is 5.32 Å². The monoisotopic (exact) mass is 320 g/mol. The van der Waals surface area contributed by atoms with Gasteiger partial charge >= 0.3 is 0 Å². The van der Waals surface area contributed by atoms with E-state index in [1.54, 1.807) is 0 Å². The summed E-state index contributed by atoms with van der Waals surface area (Å²) in [5, 5.41) is 10.7. The maximum Gasteiger partial charge on any atom is 0.224 e. The number of hydrogen-bond acceptors (Lipinski definition) is 3. The molecule has 4 atom stereocenters. The molecule has 1 aromatic carbocycles. The number of hydrogen-bond donors (Lipinski definition) is 2. The molecule has 5 rings (SSSR count). The van der Waals surface area contributed by atoms with Gasteiger partial charge in [-0.1, -0.05) is 42.5 Å². The predicted octanol–water partition coefficient (Wildman–Crippen LogP) is 2.66. The van der Waals surface area contributed by atoms with Crippen molar-refractivity contribution in [1.29, 1.82) is 0 Å². The molecule has 3 aliphatic carbocycles. The SMILES string of the molecule is O=C(NC1CC1)[C@H]1[C@H](c2nc(-c3ccccc3)n[nH]2)[C@@H]2C=C[C@H]1C2. The minimum absolute atomic E-state index is 0.0165. The summed E-state index contributed by atoms with van der Waals surface area (Å²) in [6.45, 7) is 0. The minimum atomic E-state index is -0.0165. The van der Waals surface area contributed by atoms with Crippen molar-refractivity contribution in [2.45, 2.75) is 31.2 Å². The van der Waals surface area contributed by atoms with Gasteiger partial charge in [-0.15, -0.1) is 0 Å². The third kappa shape index (κ3) is 2.27. The number of fused-ring (bicyclic) bond motifs is 2. The standard InChI is InChI=1S/C19H20N4O/c24-19(20-14-8-9-14)16-13-7-6-12(10-13)15(16)18-21-17(22-23-18)11-4-2-1-3-5-11/h1-7,12-16H,8-10H2,(H,20,24)(H,21,22,23)/t12-,13+,15-,16-/m1/s1. The van der Waals surface area contributed by atoms with Crippen LogP contribution in [0.2, 0.25) is 0 Å². The van der Waals surface area contributed by atoms with Crippen molar-refractivity contribution >= 4 is 5.91 Å².